The molecule has 4 heterocycles. The second-order valence-electron chi connectivity index (χ2n) is 7.51. The van der Waals surface area contributed by atoms with Crippen LogP contribution in [0, 0.1) is 15.9 Å². The van der Waals surface area contributed by atoms with Crippen molar-refractivity contribution in [3.05, 3.63) is 92.1 Å². The fourth-order valence-corrected chi connectivity index (χ4v) is 3.86. The standard InChI is InChI=1S/C22H16FN5O4/c23-16-7-17-20(29)15(12-32-21(17)19(8-16)28(30)31)11-27-6-3-18-14(10-27)9-25-22(26-18)13-1-4-24-5-2-13/h1-2,4-5,7-9,12H,3,6,10-11H2. The van der Waals surface area contributed by atoms with Crippen molar-refractivity contribution in [1.29, 1.82) is 0 Å². The molecule has 1 aliphatic heterocycles. The van der Waals surface area contributed by atoms with Crippen molar-refractivity contribution in [2.45, 2.75) is 19.5 Å². The highest BCUT2D eigenvalue weighted by molar-refractivity contribution is 5.85. The molecule has 0 fully saturated rings. The molecule has 5 rings (SSSR count). The van der Waals surface area contributed by atoms with Gasteiger partial charge in [-0.2, -0.15) is 0 Å². The van der Waals surface area contributed by atoms with Crippen molar-refractivity contribution in [1.82, 2.24) is 19.9 Å². The van der Waals surface area contributed by atoms with Crippen molar-refractivity contribution in [2.75, 3.05) is 6.54 Å². The van der Waals surface area contributed by atoms with Gasteiger partial charge in [0.1, 0.15) is 5.82 Å². The molecule has 32 heavy (non-hydrogen) atoms. The molecule has 4 aromatic rings. The molecule has 0 bridgehead atoms. The molecule has 0 atom stereocenters. The maximum absolute atomic E-state index is 13.8. The van der Waals surface area contributed by atoms with Gasteiger partial charge in [-0.15, -0.1) is 0 Å². The third kappa shape index (κ3) is 3.60. The van der Waals surface area contributed by atoms with Crippen LogP contribution in [0.1, 0.15) is 16.8 Å². The first-order valence-electron chi connectivity index (χ1n) is 9.85. The number of fused-ring (bicyclic) bond motifs is 2. The fourth-order valence-electron chi connectivity index (χ4n) is 3.86. The van der Waals surface area contributed by atoms with Crippen LogP contribution in [0.2, 0.25) is 0 Å². The summed E-state index contributed by atoms with van der Waals surface area (Å²) in [7, 11) is 0. The smallest absolute Gasteiger partial charge is 0.315 e. The molecule has 160 valence electrons. The maximum Gasteiger partial charge on any atom is 0.315 e. The minimum absolute atomic E-state index is 0.142. The molecule has 0 radical (unpaired) electrons. The Balaban J connectivity index is 1.41. The lowest BCUT2D eigenvalue weighted by Crippen LogP contribution is -2.32. The Morgan fingerprint density at radius 2 is 2.06 bits per heavy atom. The summed E-state index contributed by atoms with van der Waals surface area (Å²) >= 11 is 0. The van der Waals surface area contributed by atoms with Crippen molar-refractivity contribution >= 4 is 16.7 Å². The molecular formula is C22H16FN5O4. The van der Waals surface area contributed by atoms with Crippen LogP contribution in [-0.4, -0.2) is 31.3 Å². The summed E-state index contributed by atoms with van der Waals surface area (Å²) in [5.74, 6) is -0.221. The van der Waals surface area contributed by atoms with Crippen LogP contribution in [0.25, 0.3) is 22.4 Å². The zero-order valence-electron chi connectivity index (χ0n) is 16.7. The minimum atomic E-state index is -0.859. The summed E-state index contributed by atoms with van der Waals surface area (Å²) in [5.41, 5.74) is 1.82. The Morgan fingerprint density at radius 3 is 2.84 bits per heavy atom. The Hall–Kier alpha value is -4.05. The average molecular weight is 433 g/mol. The number of hydrogen-bond acceptors (Lipinski definition) is 8. The Morgan fingerprint density at radius 1 is 1.25 bits per heavy atom. The van der Waals surface area contributed by atoms with E-state index < -0.39 is 21.9 Å². The van der Waals surface area contributed by atoms with Gasteiger partial charge in [-0.25, -0.2) is 14.4 Å². The van der Waals surface area contributed by atoms with E-state index in [2.05, 4.69) is 15.0 Å². The summed E-state index contributed by atoms with van der Waals surface area (Å²) in [6.07, 6.45) is 7.06. The molecule has 0 N–H and O–H groups in total. The Bertz CT molecular complexity index is 1410. The summed E-state index contributed by atoms with van der Waals surface area (Å²) in [6, 6.07) is 5.41. The van der Waals surface area contributed by atoms with Gasteiger partial charge in [0.25, 0.3) is 0 Å². The lowest BCUT2D eigenvalue weighted by Gasteiger charge is -2.27. The van der Waals surface area contributed by atoms with Crippen LogP contribution >= 0.6 is 0 Å². The second kappa shape index (κ2) is 7.89. The quantitative estimate of drug-likeness (QED) is 0.356. The highest BCUT2D eigenvalue weighted by atomic mass is 19.1. The van der Waals surface area contributed by atoms with Gasteiger partial charge >= 0.3 is 5.69 Å². The molecule has 0 saturated carbocycles. The first-order valence-corrected chi connectivity index (χ1v) is 9.85. The third-order valence-electron chi connectivity index (χ3n) is 5.43. The molecule has 1 aliphatic rings. The first-order chi connectivity index (χ1) is 15.5. The van der Waals surface area contributed by atoms with Gasteiger partial charge < -0.3 is 4.42 Å². The lowest BCUT2D eigenvalue weighted by molar-refractivity contribution is -0.383. The van der Waals surface area contributed by atoms with Crippen LogP contribution < -0.4 is 5.43 Å². The summed E-state index contributed by atoms with van der Waals surface area (Å²) in [6.45, 7) is 1.45. The predicted octanol–water partition coefficient (Wildman–Crippen LogP) is 3.25. The average Bonchev–Trinajstić information content (AvgIpc) is 2.81. The molecule has 10 heteroatoms. The van der Waals surface area contributed by atoms with Gasteiger partial charge in [0.05, 0.1) is 28.3 Å². The van der Waals surface area contributed by atoms with E-state index >= 15 is 0 Å². The molecule has 1 aromatic carbocycles. The van der Waals surface area contributed by atoms with Gasteiger partial charge in [-0.1, -0.05) is 0 Å². The number of pyridine rings is 1. The summed E-state index contributed by atoms with van der Waals surface area (Å²) < 4.78 is 19.2. The SMILES string of the molecule is O=c1c(CN2CCc3nc(-c4ccncc4)ncc3C2)coc2c([N+](=O)[O-])cc(F)cc12. The van der Waals surface area contributed by atoms with Gasteiger partial charge in [0, 0.05) is 61.3 Å². The minimum Gasteiger partial charge on any atom is -0.456 e. The molecular weight excluding hydrogens is 417 g/mol. The molecule has 9 nitrogen and oxygen atoms in total. The zero-order chi connectivity index (χ0) is 22.2. The monoisotopic (exact) mass is 433 g/mol. The largest absolute Gasteiger partial charge is 0.456 e. The normalized spacial score (nSPS) is 13.8. The number of nitro benzene ring substituents is 1. The molecule has 0 saturated heterocycles. The molecule has 0 spiro atoms. The summed E-state index contributed by atoms with van der Waals surface area (Å²) in [4.78, 5) is 38.4. The van der Waals surface area contributed by atoms with Crippen LogP contribution in [0.4, 0.5) is 10.1 Å². The summed E-state index contributed by atoms with van der Waals surface area (Å²) in [5, 5.41) is 11.0. The van der Waals surface area contributed by atoms with E-state index in [-0.39, 0.29) is 17.5 Å². The van der Waals surface area contributed by atoms with Crippen molar-refractivity contribution in [3.63, 3.8) is 0 Å². The van der Waals surface area contributed by atoms with E-state index in [9.17, 15) is 19.3 Å². The van der Waals surface area contributed by atoms with E-state index in [0.717, 1.165) is 29.0 Å². The van der Waals surface area contributed by atoms with Crippen molar-refractivity contribution in [2.24, 2.45) is 0 Å². The van der Waals surface area contributed by atoms with Crippen molar-refractivity contribution in [3.8, 4) is 11.4 Å². The first kappa shape index (κ1) is 19.9. The van der Waals surface area contributed by atoms with Crippen LogP contribution in [-0.2, 0) is 19.5 Å². The molecule has 0 amide bonds. The molecule has 3 aromatic heterocycles. The van der Waals surface area contributed by atoms with Crippen LogP contribution in [0.3, 0.4) is 0 Å². The number of nitro groups is 1. The number of non-ortho nitro benzene ring substituents is 1. The van der Waals surface area contributed by atoms with Gasteiger partial charge in [-0.05, 0) is 18.2 Å². The van der Waals surface area contributed by atoms with Gasteiger partial charge in [0.15, 0.2) is 11.3 Å². The van der Waals surface area contributed by atoms with Crippen LogP contribution in [0.5, 0.6) is 0 Å². The van der Waals surface area contributed by atoms with E-state index in [4.69, 9.17) is 4.42 Å². The van der Waals surface area contributed by atoms with E-state index in [1.165, 1.54) is 6.26 Å². The topological polar surface area (TPSA) is 115 Å². The number of halogens is 1. The van der Waals surface area contributed by atoms with Crippen molar-refractivity contribution < 1.29 is 13.7 Å². The highest BCUT2D eigenvalue weighted by Gasteiger charge is 2.23. The van der Waals surface area contributed by atoms with E-state index in [1.807, 2.05) is 17.0 Å². The predicted molar refractivity (Wildman–Crippen MR) is 112 cm³/mol. The second-order valence-corrected chi connectivity index (χ2v) is 7.51. The van der Waals surface area contributed by atoms with E-state index in [0.29, 0.717) is 30.9 Å². The number of rotatable bonds is 4. The van der Waals surface area contributed by atoms with Gasteiger partial charge in [-0.3, -0.25) is 24.8 Å². The van der Waals surface area contributed by atoms with E-state index in [1.54, 1.807) is 18.6 Å². The highest BCUT2D eigenvalue weighted by Crippen LogP contribution is 2.26. The third-order valence-corrected chi connectivity index (χ3v) is 5.43. The zero-order valence-corrected chi connectivity index (χ0v) is 16.7. The maximum atomic E-state index is 13.8. The molecule has 0 aliphatic carbocycles. The number of nitrogens with zero attached hydrogens (tertiary/aromatic N) is 5. The van der Waals surface area contributed by atoms with Crippen LogP contribution in [0.15, 0.2) is 58.3 Å². The lowest BCUT2D eigenvalue weighted by atomic mass is 10.1. The Labute approximate surface area is 180 Å². The number of benzene rings is 1. The number of aromatic nitrogens is 3. The number of hydrogen-bond donors (Lipinski definition) is 0. The molecule has 0 unspecified atom stereocenters. The fraction of sp³-hybridized carbons (Fsp3) is 0.182. The Kier molecular flexibility index (Phi) is 4.91. The van der Waals surface area contributed by atoms with Gasteiger partial charge in [0.2, 0.25) is 5.58 Å².